The first-order valence-corrected chi connectivity index (χ1v) is 5.68. The quantitative estimate of drug-likeness (QED) is 0.785. The molecule has 0 fully saturated rings. The van der Waals surface area contributed by atoms with E-state index in [0.717, 1.165) is 11.3 Å². The summed E-state index contributed by atoms with van der Waals surface area (Å²) in [4.78, 5) is 11.7. The van der Waals surface area contributed by atoms with Crippen LogP contribution in [0.2, 0.25) is 0 Å². The minimum Gasteiger partial charge on any atom is -0.495 e. The first-order valence-electron chi connectivity index (χ1n) is 5.68. The highest BCUT2D eigenvalue weighted by Crippen LogP contribution is 2.42. The largest absolute Gasteiger partial charge is 0.495 e. The Morgan fingerprint density at radius 3 is 2.59 bits per heavy atom. The van der Waals surface area contributed by atoms with Crippen molar-refractivity contribution in [3.8, 4) is 5.75 Å². The van der Waals surface area contributed by atoms with E-state index in [1.807, 2.05) is 18.2 Å². The minimum atomic E-state index is -0.179. The fraction of sp³-hybridized carbons (Fsp3) is 0.462. The SMILES string of the molecule is COc1cccc2c1NC(=O)NC2C(C)(C)C. The predicted octanol–water partition coefficient (Wildman–Crippen LogP) is 2.92. The predicted molar refractivity (Wildman–Crippen MR) is 67.3 cm³/mol. The van der Waals surface area contributed by atoms with E-state index in [0.29, 0.717) is 5.75 Å². The third kappa shape index (κ3) is 2.07. The van der Waals surface area contributed by atoms with Crippen molar-refractivity contribution in [1.29, 1.82) is 0 Å². The van der Waals surface area contributed by atoms with E-state index in [4.69, 9.17) is 4.74 Å². The summed E-state index contributed by atoms with van der Waals surface area (Å²) in [5.41, 5.74) is 1.80. The summed E-state index contributed by atoms with van der Waals surface area (Å²) in [6, 6.07) is 5.61. The molecule has 1 aliphatic rings. The molecule has 0 spiro atoms. The molecule has 1 unspecified atom stereocenters. The Kier molecular flexibility index (Phi) is 2.73. The number of fused-ring (bicyclic) bond motifs is 1. The average Bonchev–Trinajstić information content (AvgIpc) is 2.26. The Labute approximate surface area is 101 Å². The number of rotatable bonds is 1. The Morgan fingerprint density at radius 2 is 2.00 bits per heavy atom. The highest BCUT2D eigenvalue weighted by molar-refractivity contribution is 5.95. The molecule has 0 aromatic heterocycles. The van der Waals surface area contributed by atoms with Crippen LogP contribution in [-0.4, -0.2) is 13.1 Å². The number of carbonyl (C=O) groups is 1. The van der Waals surface area contributed by atoms with Crippen molar-refractivity contribution in [3.63, 3.8) is 0 Å². The molecule has 2 rings (SSSR count). The summed E-state index contributed by atoms with van der Waals surface area (Å²) in [6.07, 6.45) is 0. The summed E-state index contributed by atoms with van der Waals surface area (Å²) in [7, 11) is 1.61. The van der Waals surface area contributed by atoms with E-state index in [1.165, 1.54) is 0 Å². The maximum Gasteiger partial charge on any atom is 0.319 e. The number of para-hydroxylation sites is 1. The van der Waals surface area contributed by atoms with Crippen LogP contribution in [0.25, 0.3) is 0 Å². The fourth-order valence-corrected chi connectivity index (χ4v) is 2.13. The van der Waals surface area contributed by atoms with E-state index in [2.05, 4.69) is 31.4 Å². The maximum absolute atomic E-state index is 11.7. The molecule has 2 amide bonds. The molecule has 0 saturated heterocycles. The monoisotopic (exact) mass is 234 g/mol. The molecule has 0 saturated carbocycles. The second-order valence-corrected chi connectivity index (χ2v) is 5.32. The van der Waals surface area contributed by atoms with Crippen LogP contribution in [0.4, 0.5) is 10.5 Å². The van der Waals surface area contributed by atoms with Crippen molar-refractivity contribution >= 4 is 11.7 Å². The van der Waals surface area contributed by atoms with Gasteiger partial charge in [0.05, 0.1) is 18.8 Å². The number of urea groups is 1. The van der Waals surface area contributed by atoms with Gasteiger partial charge in [-0.25, -0.2) is 4.79 Å². The molecule has 1 heterocycles. The van der Waals surface area contributed by atoms with Crippen molar-refractivity contribution < 1.29 is 9.53 Å². The van der Waals surface area contributed by atoms with Gasteiger partial charge in [-0.15, -0.1) is 0 Å². The summed E-state index contributed by atoms with van der Waals surface area (Å²) in [5.74, 6) is 0.701. The first-order chi connectivity index (χ1) is 7.93. The summed E-state index contributed by atoms with van der Waals surface area (Å²) in [6.45, 7) is 6.31. The number of anilines is 1. The Morgan fingerprint density at radius 1 is 1.29 bits per heavy atom. The van der Waals surface area contributed by atoms with E-state index >= 15 is 0 Å². The molecule has 4 nitrogen and oxygen atoms in total. The van der Waals surface area contributed by atoms with Crippen molar-refractivity contribution in [3.05, 3.63) is 23.8 Å². The number of hydrogen-bond donors (Lipinski definition) is 2. The van der Waals surface area contributed by atoms with Crippen LogP contribution in [0.3, 0.4) is 0 Å². The molecule has 4 heteroatoms. The van der Waals surface area contributed by atoms with Crippen LogP contribution < -0.4 is 15.4 Å². The van der Waals surface area contributed by atoms with Gasteiger partial charge in [0.25, 0.3) is 0 Å². The zero-order valence-corrected chi connectivity index (χ0v) is 10.6. The highest BCUT2D eigenvalue weighted by atomic mass is 16.5. The van der Waals surface area contributed by atoms with Gasteiger partial charge in [-0.05, 0) is 11.5 Å². The Balaban J connectivity index is 2.55. The molecular weight excluding hydrogens is 216 g/mol. The molecule has 2 N–H and O–H groups in total. The van der Waals surface area contributed by atoms with Crippen LogP contribution in [0.15, 0.2) is 18.2 Å². The smallest absolute Gasteiger partial charge is 0.319 e. The van der Waals surface area contributed by atoms with Gasteiger partial charge in [0, 0.05) is 5.56 Å². The van der Waals surface area contributed by atoms with Gasteiger partial charge in [-0.2, -0.15) is 0 Å². The second kappa shape index (κ2) is 3.95. The number of methoxy groups -OCH3 is 1. The third-order valence-corrected chi connectivity index (χ3v) is 2.97. The third-order valence-electron chi connectivity index (χ3n) is 2.97. The lowest BCUT2D eigenvalue weighted by Crippen LogP contribution is -2.43. The molecule has 1 atom stereocenters. The summed E-state index contributed by atoms with van der Waals surface area (Å²) < 4.78 is 5.28. The molecule has 1 aromatic rings. The topological polar surface area (TPSA) is 50.4 Å². The average molecular weight is 234 g/mol. The number of benzene rings is 1. The van der Waals surface area contributed by atoms with Crippen molar-refractivity contribution in [2.45, 2.75) is 26.8 Å². The fourth-order valence-electron chi connectivity index (χ4n) is 2.13. The van der Waals surface area contributed by atoms with Gasteiger partial charge in [0.2, 0.25) is 0 Å². The van der Waals surface area contributed by atoms with Gasteiger partial charge >= 0.3 is 6.03 Å². The van der Waals surface area contributed by atoms with Crippen LogP contribution >= 0.6 is 0 Å². The minimum absolute atomic E-state index is 0.0126. The molecule has 0 radical (unpaired) electrons. The number of amides is 2. The number of hydrogen-bond acceptors (Lipinski definition) is 2. The number of carbonyl (C=O) groups excluding carboxylic acids is 1. The zero-order chi connectivity index (χ0) is 12.6. The van der Waals surface area contributed by atoms with Crippen molar-refractivity contribution in [2.75, 3.05) is 12.4 Å². The molecule has 1 aromatic carbocycles. The van der Waals surface area contributed by atoms with E-state index in [1.54, 1.807) is 7.11 Å². The summed E-state index contributed by atoms with van der Waals surface area (Å²) >= 11 is 0. The first kappa shape index (κ1) is 11.8. The van der Waals surface area contributed by atoms with E-state index < -0.39 is 0 Å². The van der Waals surface area contributed by atoms with Gasteiger partial charge in [-0.1, -0.05) is 32.9 Å². The van der Waals surface area contributed by atoms with Crippen LogP contribution in [0, 0.1) is 5.41 Å². The lowest BCUT2D eigenvalue weighted by atomic mass is 9.81. The lowest BCUT2D eigenvalue weighted by molar-refractivity contribution is 0.225. The highest BCUT2D eigenvalue weighted by Gasteiger charge is 2.34. The normalized spacial score (nSPS) is 19.1. The molecule has 0 aliphatic carbocycles. The van der Waals surface area contributed by atoms with Crippen molar-refractivity contribution in [1.82, 2.24) is 5.32 Å². The van der Waals surface area contributed by atoms with Gasteiger partial charge in [0.15, 0.2) is 0 Å². The second-order valence-electron chi connectivity index (χ2n) is 5.32. The standard InChI is InChI=1S/C13H18N2O2/c1-13(2,3)11-8-6-5-7-9(17-4)10(8)14-12(16)15-11/h5-7,11H,1-4H3,(H2,14,15,16). The van der Waals surface area contributed by atoms with Crippen LogP contribution in [0.1, 0.15) is 32.4 Å². The molecule has 92 valence electrons. The number of nitrogens with one attached hydrogen (secondary N) is 2. The lowest BCUT2D eigenvalue weighted by Gasteiger charge is -2.36. The Hall–Kier alpha value is -1.71. The summed E-state index contributed by atoms with van der Waals surface area (Å²) in [5, 5.41) is 5.76. The Bertz CT molecular complexity index is 449. The van der Waals surface area contributed by atoms with Crippen molar-refractivity contribution in [2.24, 2.45) is 5.41 Å². The van der Waals surface area contributed by atoms with E-state index in [-0.39, 0.29) is 17.5 Å². The van der Waals surface area contributed by atoms with Gasteiger partial charge in [0.1, 0.15) is 5.75 Å². The number of ether oxygens (including phenoxy) is 1. The molecule has 0 bridgehead atoms. The van der Waals surface area contributed by atoms with Gasteiger partial charge < -0.3 is 15.4 Å². The molecule has 17 heavy (non-hydrogen) atoms. The van der Waals surface area contributed by atoms with Crippen LogP contribution in [0.5, 0.6) is 5.75 Å². The zero-order valence-electron chi connectivity index (χ0n) is 10.6. The molecular formula is C13H18N2O2. The molecule has 1 aliphatic heterocycles. The van der Waals surface area contributed by atoms with Crippen LogP contribution in [-0.2, 0) is 0 Å². The van der Waals surface area contributed by atoms with E-state index in [9.17, 15) is 4.79 Å². The maximum atomic E-state index is 11.7. The van der Waals surface area contributed by atoms with Gasteiger partial charge in [-0.3, -0.25) is 0 Å².